The van der Waals surface area contributed by atoms with E-state index in [0.29, 0.717) is 36.5 Å². The molecule has 9 nitrogen and oxygen atoms in total. The van der Waals surface area contributed by atoms with Gasteiger partial charge in [0, 0.05) is 42.6 Å². The number of carbonyl (C=O) groups excluding carboxylic acids is 1. The average Bonchev–Trinajstić information content (AvgIpc) is 3.46. The minimum Gasteiger partial charge on any atom is -0.462 e. The summed E-state index contributed by atoms with van der Waals surface area (Å²) in [6.45, 7) is 3.86. The third-order valence-electron chi connectivity index (χ3n) is 7.39. The second-order valence-corrected chi connectivity index (χ2v) is 11.4. The van der Waals surface area contributed by atoms with Crippen molar-refractivity contribution in [1.82, 2.24) is 24.8 Å². The molecule has 0 bridgehead atoms. The third-order valence-corrected chi connectivity index (χ3v) is 8.58. The molecule has 0 unspecified atom stereocenters. The van der Waals surface area contributed by atoms with Gasteiger partial charge in [-0.3, -0.25) is 4.79 Å². The summed E-state index contributed by atoms with van der Waals surface area (Å²) in [5.74, 6) is -0.860. The summed E-state index contributed by atoms with van der Waals surface area (Å²) in [6.07, 6.45) is 2.07. The second kappa shape index (κ2) is 10.00. The number of halogens is 3. The fraction of sp³-hybridized carbons (Fsp3) is 0.385. The van der Waals surface area contributed by atoms with E-state index in [-0.39, 0.29) is 55.5 Å². The first-order valence-electron chi connectivity index (χ1n) is 12.6. The molecule has 4 heterocycles. The molecule has 6 rings (SSSR count). The molecule has 1 atom stereocenters. The summed E-state index contributed by atoms with van der Waals surface area (Å²) in [5.41, 5.74) is 6.42. The highest BCUT2D eigenvalue weighted by molar-refractivity contribution is 7.22. The molecule has 0 spiro atoms. The van der Waals surface area contributed by atoms with E-state index in [9.17, 15) is 9.18 Å². The average molecular weight is 574 g/mol. The predicted molar refractivity (Wildman–Crippen MR) is 148 cm³/mol. The Morgan fingerprint density at radius 3 is 2.77 bits per heavy atom. The molecule has 13 heteroatoms. The molecule has 4 aromatic rings. The van der Waals surface area contributed by atoms with Gasteiger partial charge in [-0.1, -0.05) is 22.9 Å². The Balaban J connectivity index is 1.45. The molecule has 0 aliphatic carbocycles. The first-order chi connectivity index (χ1) is 18.7. The van der Waals surface area contributed by atoms with E-state index in [1.54, 1.807) is 11.0 Å². The van der Waals surface area contributed by atoms with E-state index in [4.69, 9.17) is 22.1 Å². The number of likely N-dealkylation sites (tertiary alicyclic amines) is 2. The van der Waals surface area contributed by atoms with Crippen LogP contribution in [0.25, 0.3) is 32.2 Å². The Labute approximate surface area is 231 Å². The van der Waals surface area contributed by atoms with Crippen molar-refractivity contribution in [2.45, 2.75) is 31.8 Å². The standard InChI is InChI=1S/C26H26ClF2N7O2S/c1-12(37)36-9-13(10-36)31-24-16-8-17(27)19(15-5-6-18(28)23-22(15)32-25(30)39-23)20(29)21(16)33-26(34-24)38-11-14-4-3-7-35(14)2/h5-6,8,13-14H,3-4,7,9-11H2,1-2H3,(H2,30,32)(H,31,33,34)/t14-/m0/s1. The Hall–Kier alpha value is -3.35. The number of aromatic nitrogens is 3. The number of anilines is 2. The van der Waals surface area contributed by atoms with Crippen LogP contribution in [-0.4, -0.2) is 76.0 Å². The van der Waals surface area contributed by atoms with Gasteiger partial charge in [-0.05, 0) is 44.6 Å². The largest absolute Gasteiger partial charge is 0.462 e. The van der Waals surface area contributed by atoms with Gasteiger partial charge in [-0.2, -0.15) is 9.97 Å². The highest BCUT2D eigenvalue weighted by Crippen LogP contribution is 2.42. The number of nitrogen functional groups attached to an aromatic ring is 1. The van der Waals surface area contributed by atoms with E-state index >= 15 is 4.39 Å². The van der Waals surface area contributed by atoms with Crippen molar-refractivity contribution in [2.75, 3.05) is 44.3 Å². The summed E-state index contributed by atoms with van der Waals surface area (Å²) in [6, 6.07) is 4.43. The molecule has 2 aliphatic rings. The monoisotopic (exact) mass is 573 g/mol. The van der Waals surface area contributed by atoms with Crippen LogP contribution in [0.2, 0.25) is 5.02 Å². The summed E-state index contributed by atoms with van der Waals surface area (Å²) >= 11 is 7.63. The molecule has 3 N–H and O–H groups in total. The predicted octanol–water partition coefficient (Wildman–Crippen LogP) is 4.54. The van der Waals surface area contributed by atoms with Gasteiger partial charge in [0.1, 0.15) is 23.8 Å². The van der Waals surface area contributed by atoms with Crippen LogP contribution >= 0.6 is 22.9 Å². The van der Waals surface area contributed by atoms with Gasteiger partial charge in [-0.15, -0.1) is 0 Å². The molecule has 2 aromatic heterocycles. The lowest BCUT2D eigenvalue weighted by atomic mass is 10.0. The van der Waals surface area contributed by atoms with Crippen LogP contribution in [0.15, 0.2) is 18.2 Å². The first-order valence-corrected chi connectivity index (χ1v) is 13.8. The number of benzene rings is 2. The maximum absolute atomic E-state index is 16.3. The van der Waals surface area contributed by atoms with Crippen molar-refractivity contribution in [3.05, 3.63) is 34.9 Å². The van der Waals surface area contributed by atoms with E-state index in [1.807, 2.05) is 7.05 Å². The molecule has 204 valence electrons. The number of amides is 1. The lowest BCUT2D eigenvalue weighted by Gasteiger charge is -2.39. The van der Waals surface area contributed by atoms with Crippen molar-refractivity contribution >= 4 is 60.9 Å². The van der Waals surface area contributed by atoms with Crippen LogP contribution in [0.1, 0.15) is 19.8 Å². The molecule has 1 amide bonds. The maximum Gasteiger partial charge on any atom is 0.319 e. The zero-order valence-electron chi connectivity index (χ0n) is 21.3. The van der Waals surface area contributed by atoms with Gasteiger partial charge in [0.05, 0.1) is 21.3 Å². The van der Waals surface area contributed by atoms with Crippen molar-refractivity contribution in [3.8, 4) is 17.1 Å². The number of carbonyl (C=O) groups is 1. The Kier molecular flexibility index (Phi) is 6.64. The Morgan fingerprint density at radius 1 is 1.26 bits per heavy atom. The Bertz CT molecular complexity index is 1610. The van der Waals surface area contributed by atoms with Crippen molar-refractivity contribution in [1.29, 1.82) is 0 Å². The molecule has 2 aromatic carbocycles. The molecule has 0 saturated carbocycles. The van der Waals surface area contributed by atoms with Gasteiger partial charge >= 0.3 is 6.01 Å². The highest BCUT2D eigenvalue weighted by Gasteiger charge is 2.31. The molecule has 39 heavy (non-hydrogen) atoms. The topological polar surface area (TPSA) is 110 Å². The Morgan fingerprint density at radius 2 is 2.05 bits per heavy atom. The number of nitrogens with one attached hydrogen (secondary N) is 1. The number of likely N-dealkylation sites (N-methyl/N-ethyl adjacent to an activating group) is 1. The van der Waals surface area contributed by atoms with Gasteiger partial charge in [0.2, 0.25) is 5.91 Å². The zero-order chi connectivity index (χ0) is 27.4. The number of fused-ring (bicyclic) bond motifs is 2. The van der Waals surface area contributed by atoms with E-state index in [0.717, 1.165) is 30.7 Å². The van der Waals surface area contributed by atoms with E-state index in [2.05, 4.69) is 25.2 Å². The molecule has 2 fully saturated rings. The summed E-state index contributed by atoms with van der Waals surface area (Å²) < 4.78 is 37.0. The molecule has 2 aliphatic heterocycles. The van der Waals surface area contributed by atoms with Gasteiger partial charge in [0.25, 0.3) is 0 Å². The quantitative estimate of drug-likeness (QED) is 0.346. The number of hydrogen-bond donors (Lipinski definition) is 2. The molecular weight excluding hydrogens is 548 g/mol. The van der Waals surface area contributed by atoms with Crippen LogP contribution < -0.4 is 15.8 Å². The van der Waals surface area contributed by atoms with Gasteiger partial charge < -0.3 is 25.6 Å². The van der Waals surface area contributed by atoms with Crippen LogP contribution in [0.5, 0.6) is 6.01 Å². The lowest BCUT2D eigenvalue weighted by Crippen LogP contribution is -2.56. The third kappa shape index (κ3) is 4.70. The summed E-state index contributed by atoms with van der Waals surface area (Å²) in [7, 11) is 2.04. The summed E-state index contributed by atoms with van der Waals surface area (Å²) in [4.78, 5) is 28.8. The van der Waals surface area contributed by atoms with Crippen molar-refractivity contribution in [2.24, 2.45) is 0 Å². The molecule has 0 radical (unpaired) electrons. The van der Waals surface area contributed by atoms with Crippen LogP contribution in [0.4, 0.5) is 19.7 Å². The highest BCUT2D eigenvalue weighted by atomic mass is 35.5. The fourth-order valence-electron chi connectivity index (χ4n) is 5.17. The number of hydrogen-bond acceptors (Lipinski definition) is 9. The van der Waals surface area contributed by atoms with Crippen LogP contribution in [0, 0.1) is 11.6 Å². The van der Waals surface area contributed by atoms with Crippen molar-refractivity contribution in [3.63, 3.8) is 0 Å². The maximum atomic E-state index is 16.3. The molecule has 2 saturated heterocycles. The smallest absolute Gasteiger partial charge is 0.319 e. The minimum atomic E-state index is -0.704. The van der Waals surface area contributed by atoms with E-state index < -0.39 is 11.6 Å². The van der Waals surface area contributed by atoms with Gasteiger partial charge in [0.15, 0.2) is 10.9 Å². The van der Waals surface area contributed by atoms with Gasteiger partial charge in [-0.25, -0.2) is 13.8 Å². The van der Waals surface area contributed by atoms with Crippen molar-refractivity contribution < 1.29 is 18.3 Å². The number of thiazole rings is 1. The SMILES string of the molecule is CC(=O)N1CC(Nc2nc(OC[C@@H]3CCCN3C)nc3c(F)c(-c4ccc(F)c5sc(N)nc45)c(Cl)cc23)C1. The van der Waals surface area contributed by atoms with E-state index in [1.165, 1.54) is 19.1 Å². The number of rotatable bonds is 6. The number of ether oxygens (including phenoxy) is 1. The molecular formula is C26H26ClF2N7O2S. The lowest BCUT2D eigenvalue weighted by molar-refractivity contribution is -0.132. The normalized spacial score (nSPS) is 18.2. The number of nitrogens with zero attached hydrogens (tertiary/aromatic N) is 5. The minimum absolute atomic E-state index is 0.00472. The fourth-order valence-corrected chi connectivity index (χ4v) is 6.23. The number of nitrogens with two attached hydrogens (primary N) is 1. The zero-order valence-corrected chi connectivity index (χ0v) is 22.9. The second-order valence-electron chi connectivity index (χ2n) is 9.98. The summed E-state index contributed by atoms with van der Waals surface area (Å²) in [5, 5.41) is 3.92. The van der Waals surface area contributed by atoms with Crippen LogP contribution in [0.3, 0.4) is 0 Å². The van der Waals surface area contributed by atoms with Crippen LogP contribution in [-0.2, 0) is 4.79 Å². The first kappa shape index (κ1) is 25.9.